The summed E-state index contributed by atoms with van der Waals surface area (Å²) in [7, 11) is 0. The summed E-state index contributed by atoms with van der Waals surface area (Å²) in [6, 6.07) is 15.3. The molecule has 110 valence electrons. The maximum absolute atomic E-state index is 5.95. The molecule has 1 N–H and O–H groups in total. The van der Waals surface area contributed by atoms with Crippen LogP contribution in [0.3, 0.4) is 0 Å². The van der Waals surface area contributed by atoms with Crippen LogP contribution in [0.4, 0.5) is 0 Å². The number of ether oxygens (including phenoxy) is 1. The van der Waals surface area contributed by atoms with Crippen LogP contribution in [0.15, 0.2) is 42.5 Å². The van der Waals surface area contributed by atoms with Crippen LogP contribution in [0.1, 0.15) is 31.9 Å². The summed E-state index contributed by atoms with van der Waals surface area (Å²) >= 11 is 0. The predicted molar refractivity (Wildman–Crippen MR) is 87.7 cm³/mol. The van der Waals surface area contributed by atoms with Crippen molar-refractivity contribution in [2.75, 3.05) is 6.54 Å². The van der Waals surface area contributed by atoms with Crippen molar-refractivity contribution in [3.8, 4) is 16.9 Å². The molecule has 0 amide bonds. The maximum atomic E-state index is 5.95. The molecule has 0 bridgehead atoms. The average Bonchev–Trinajstić information content (AvgIpc) is 2.78. The first-order valence-corrected chi connectivity index (χ1v) is 7.69. The van der Waals surface area contributed by atoms with Crippen LogP contribution in [0.25, 0.3) is 11.1 Å². The number of fused-ring (bicyclic) bond motifs is 1. The minimum absolute atomic E-state index is 0.0755. The van der Waals surface area contributed by atoms with E-state index in [9.17, 15) is 0 Å². The summed E-state index contributed by atoms with van der Waals surface area (Å²) in [5, 5.41) is 3.38. The molecule has 2 aromatic carbocycles. The number of hydrogen-bond acceptors (Lipinski definition) is 2. The summed E-state index contributed by atoms with van der Waals surface area (Å²) in [5.41, 5.74) is 5.11. The molecule has 1 heterocycles. The van der Waals surface area contributed by atoms with Crippen LogP contribution in [-0.4, -0.2) is 12.1 Å². The molecule has 0 radical (unpaired) electrons. The highest BCUT2D eigenvalue weighted by Gasteiger charge is 2.29. The third-order valence-corrected chi connectivity index (χ3v) is 3.90. The van der Waals surface area contributed by atoms with E-state index in [-0.39, 0.29) is 5.60 Å². The van der Waals surface area contributed by atoms with E-state index in [0.717, 1.165) is 25.3 Å². The second-order valence-corrected chi connectivity index (χ2v) is 6.34. The van der Waals surface area contributed by atoms with E-state index in [1.165, 1.54) is 22.3 Å². The van der Waals surface area contributed by atoms with Crippen molar-refractivity contribution in [1.29, 1.82) is 0 Å². The molecule has 0 fully saturated rings. The molecule has 0 saturated carbocycles. The third-order valence-electron chi connectivity index (χ3n) is 3.90. The summed E-state index contributed by atoms with van der Waals surface area (Å²) in [6.07, 6.45) is 0.979. The lowest BCUT2D eigenvalue weighted by molar-refractivity contribution is 0.138. The van der Waals surface area contributed by atoms with Crippen LogP contribution in [-0.2, 0) is 13.0 Å². The first-order valence-electron chi connectivity index (χ1n) is 7.69. The molecule has 2 nitrogen and oxygen atoms in total. The van der Waals surface area contributed by atoms with Crippen molar-refractivity contribution in [2.24, 2.45) is 0 Å². The smallest absolute Gasteiger partial charge is 0.123 e. The largest absolute Gasteiger partial charge is 0.487 e. The van der Waals surface area contributed by atoms with Crippen molar-refractivity contribution < 1.29 is 4.74 Å². The normalized spacial score (nSPS) is 15.6. The third kappa shape index (κ3) is 3.11. The molecular weight excluding hydrogens is 258 g/mol. The van der Waals surface area contributed by atoms with Gasteiger partial charge in [-0.15, -0.1) is 0 Å². The molecule has 2 aromatic rings. The fraction of sp³-hybridized carbons (Fsp3) is 0.368. The van der Waals surface area contributed by atoms with Crippen molar-refractivity contribution in [2.45, 2.75) is 39.3 Å². The molecule has 0 atom stereocenters. The van der Waals surface area contributed by atoms with E-state index in [4.69, 9.17) is 4.74 Å². The lowest BCUT2D eigenvalue weighted by atomic mass is 9.97. The standard InChI is InChI=1S/C19H23NO/c1-4-20-13-14-6-5-7-15(10-14)16-8-9-18-17(11-16)12-19(2,3)21-18/h5-11,20H,4,12-13H2,1-3H3. The van der Waals surface area contributed by atoms with Crippen molar-refractivity contribution in [3.63, 3.8) is 0 Å². The highest BCUT2D eigenvalue weighted by Crippen LogP contribution is 2.37. The van der Waals surface area contributed by atoms with Crippen LogP contribution in [0, 0.1) is 0 Å². The van der Waals surface area contributed by atoms with E-state index in [1.54, 1.807) is 0 Å². The fourth-order valence-electron chi connectivity index (χ4n) is 2.92. The number of rotatable bonds is 4. The topological polar surface area (TPSA) is 21.3 Å². The Morgan fingerprint density at radius 2 is 1.90 bits per heavy atom. The molecule has 0 unspecified atom stereocenters. The Kier molecular flexibility index (Phi) is 3.73. The van der Waals surface area contributed by atoms with Gasteiger partial charge >= 0.3 is 0 Å². The first-order chi connectivity index (χ1) is 10.1. The van der Waals surface area contributed by atoms with E-state index in [1.807, 2.05) is 0 Å². The van der Waals surface area contributed by atoms with Gasteiger partial charge in [0.25, 0.3) is 0 Å². The van der Waals surface area contributed by atoms with Gasteiger partial charge < -0.3 is 10.1 Å². The van der Waals surface area contributed by atoms with Crippen molar-refractivity contribution in [3.05, 3.63) is 53.6 Å². The van der Waals surface area contributed by atoms with E-state index in [2.05, 4.69) is 68.6 Å². The Balaban J connectivity index is 1.88. The van der Waals surface area contributed by atoms with Crippen molar-refractivity contribution in [1.82, 2.24) is 5.32 Å². The van der Waals surface area contributed by atoms with Crippen LogP contribution in [0.5, 0.6) is 5.75 Å². The Bertz CT molecular complexity index is 646. The van der Waals surface area contributed by atoms with Crippen LogP contribution >= 0.6 is 0 Å². The highest BCUT2D eigenvalue weighted by atomic mass is 16.5. The number of benzene rings is 2. The summed E-state index contributed by atoms with van der Waals surface area (Å²) in [4.78, 5) is 0. The zero-order valence-electron chi connectivity index (χ0n) is 13.1. The molecule has 2 heteroatoms. The van der Waals surface area contributed by atoms with Gasteiger partial charge in [0.2, 0.25) is 0 Å². The molecule has 0 aliphatic carbocycles. The lowest BCUT2D eigenvalue weighted by Crippen LogP contribution is -2.24. The highest BCUT2D eigenvalue weighted by molar-refractivity contribution is 5.67. The zero-order chi connectivity index (χ0) is 14.9. The molecule has 0 aromatic heterocycles. The molecule has 1 aliphatic rings. The lowest BCUT2D eigenvalue weighted by Gasteiger charge is -2.16. The molecule has 1 aliphatic heterocycles. The molecular formula is C19H23NO. The average molecular weight is 281 g/mol. The van der Waals surface area contributed by atoms with Gasteiger partial charge in [-0.3, -0.25) is 0 Å². The monoisotopic (exact) mass is 281 g/mol. The molecule has 3 rings (SSSR count). The Morgan fingerprint density at radius 1 is 1.10 bits per heavy atom. The molecule has 21 heavy (non-hydrogen) atoms. The Morgan fingerprint density at radius 3 is 2.71 bits per heavy atom. The van der Waals surface area contributed by atoms with Gasteiger partial charge in [-0.05, 0) is 60.8 Å². The van der Waals surface area contributed by atoms with Gasteiger partial charge in [0.15, 0.2) is 0 Å². The SMILES string of the molecule is CCNCc1cccc(-c2ccc3c(c2)CC(C)(C)O3)c1. The second-order valence-electron chi connectivity index (χ2n) is 6.34. The number of nitrogens with one attached hydrogen (secondary N) is 1. The van der Waals surface area contributed by atoms with Crippen LogP contribution in [0.2, 0.25) is 0 Å². The van der Waals surface area contributed by atoms with Gasteiger partial charge in [0, 0.05) is 13.0 Å². The maximum Gasteiger partial charge on any atom is 0.123 e. The molecule has 0 saturated heterocycles. The Labute approximate surface area is 127 Å². The predicted octanol–water partition coefficient (Wildman–Crippen LogP) is 4.18. The van der Waals surface area contributed by atoms with Crippen molar-refractivity contribution >= 4 is 0 Å². The van der Waals surface area contributed by atoms with E-state index in [0.29, 0.717) is 0 Å². The second kappa shape index (κ2) is 5.53. The van der Waals surface area contributed by atoms with Gasteiger partial charge in [-0.1, -0.05) is 31.2 Å². The van der Waals surface area contributed by atoms with Gasteiger partial charge in [0.05, 0.1) is 0 Å². The van der Waals surface area contributed by atoms with Crippen LogP contribution < -0.4 is 10.1 Å². The van der Waals surface area contributed by atoms with Gasteiger partial charge in [0.1, 0.15) is 11.4 Å². The number of hydrogen-bond donors (Lipinski definition) is 1. The van der Waals surface area contributed by atoms with Gasteiger partial charge in [-0.25, -0.2) is 0 Å². The summed E-state index contributed by atoms with van der Waals surface area (Å²) < 4.78 is 5.95. The summed E-state index contributed by atoms with van der Waals surface area (Å²) in [5.74, 6) is 1.03. The first kappa shape index (κ1) is 14.2. The molecule has 0 spiro atoms. The minimum atomic E-state index is -0.0755. The van der Waals surface area contributed by atoms with E-state index < -0.39 is 0 Å². The Hall–Kier alpha value is -1.80. The zero-order valence-corrected chi connectivity index (χ0v) is 13.1. The van der Waals surface area contributed by atoms with E-state index >= 15 is 0 Å². The fourth-order valence-corrected chi connectivity index (χ4v) is 2.92. The summed E-state index contributed by atoms with van der Waals surface area (Å²) in [6.45, 7) is 8.33. The van der Waals surface area contributed by atoms with Gasteiger partial charge in [-0.2, -0.15) is 0 Å². The quantitative estimate of drug-likeness (QED) is 0.908. The minimum Gasteiger partial charge on any atom is -0.487 e.